The summed E-state index contributed by atoms with van der Waals surface area (Å²) in [5.41, 5.74) is -0.480. The maximum absolute atomic E-state index is 12.4. The Bertz CT molecular complexity index is 440. The summed E-state index contributed by atoms with van der Waals surface area (Å²) < 4.78 is 12.1. The van der Waals surface area contributed by atoms with E-state index in [-0.39, 0.29) is 29.8 Å². The topological polar surface area (TPSA) is 59.0 Å². The average molecular weight is 374 g/mol. The van der Waals surface area contributed by atoms with Gasteiger partial charge in [-0.1, -0.05) is 20.8 Å². The molecule has 0 aromatic rings. The van der Waals surface area contributed by atoms with Crippen molar-refractivity contribution in [2.24, 2.45) is 5.92 Å². The lowest BCUT2D eigenvalue weighted by molar-refractivity contribution is 0.00146. The fraction of sp³-hybridized carbons (Fsp3) is 0.947. The predicted molar refractivity (Wildman–Crippen MR) is 104 cm³/mol. The molecule has 1 saturated heterocycles. The smallest absolute Gasteiger partial charge is 0.410 e. The van der Waals surface area contributed by atoms with Crippen molar-refractivity contribution >= 4 is 14.4 Å². The summed E-state index contributed by atoms with van der Waals surface area (Å²) in [6, 6.07) is 0. The molecule has 0 aliphatic carbocycles. The molecule has 5 nitrogen and oxygen atoms in total. The minimum absolute atomic E-state index is 0.00358. The van der Waals surface area contributed by atoms with Crippen LogP contribution in [0, 0.1) is 5.92 Å². The molecule has 0 saturated carbocycles. The normalized spacial score (nSPS) is 21.2. The average Bonchev–Trinajstić information content (AvgIpc) is 2.44. The number of likely N-dealkylation sites (tertiary alicyclic amines) is 1. The highest BCUT2D eigenvalue weighted by molar-refractivity contribution is 6.74. The second-order valence-electron chi connectivity index (χ2n) is 9.76. The molecular formula is C19H39NO4Si. The van der Waals surface area contributed by atoms with Gasteiger partial charge in [-0.3, -0.25) is 0 Å². The van der Waals surface area contributed by atoms with E-state index in [9.17, 15) is 9.90 Å². The molecule has 1 amide bonds. The van der Waals surface area contributed by atoms with Crippen LogP contribution in [0.2, 0.25) is 18.1 Å². The molecule has 1 aliphatic rings. The number of aliphatic hydroxyl groups is 1. The molecule has 0 spiro atoms. The number of hydrogen-bond donors (Lipinski definition) is 1. The van der Waals surface area contributed by atoms with Gasteiger partial charge < -0.3 is 19.2 Å². The van der Waals surface area contributed by atoms with Gasteiger partial charge in [-0.05, 0) is 58.2 Å². The van der Waals surface area contributed by atoms with Crippen LogP contribution in [0.25, 0.3) is 0 Å². The van der Waals surface area contributed by atoms with Gasteiger partial charge in [-0.15, -0.1) is 0 Å². The first kappa shape index (κ1) is 22.4. The molecule has 1 rings (SSSR count). The number of hydrogen-bond acceptors (Lipinski definition) is 4. The lowest BCUT2D eigenvalue weighted by Gasteiger charge is -2.43. The first-order chi connectivity index (χ1) is 11.3. The maximum Gasteiger partial charge on any atom is 0.410 e. The Labute approximate surface area is 155 Å². The molecule has 1 fully saturated rings. The van der Waals surface area contributed by atoms with Crippen LogP contribution in [0.15, 0.2) is 0 Å². The van der Waals surface area contributed by atoms with Crippen LogP contribution < -0.4 is 0 Å². The Kier molecular flexibility index (Phi) is 7.54. The third-order valence-electron chi connectivity index (χ3n) is 5.30. The highest BCUT2D eigenvalue weighted by atomic mass is 28.4. The summed E-state index contributed by atoms with van der Waals surface area (Å²) in [5.74, 6) is 0.252. The number of aliphatic hydroxyl groups excluding tert-OH is 1. The van der Waals surface area contributed by atoms with E-state index < -0.39 is 13.9 Å². The van der Waals surface area contributed by atoms with Gasteiger partial charge in [-0.25, -0.2) is 4.79 Å². The number of ether oxygens (including phenoxy) is 1. The Balaban J connectivity index is 2.81. The van der Waals surface area contributed by atoms with Crippen LogP contribution >= 0.6 is 0 Å². The quantitative estimate of drug-likeness (QED) is 0.725. The number of nitrogens with zero attached hydrogens (tertiary/aromatic N) is 1. The van der Waals surface area contributed by atoms with Crippen molar-refractivity contribution < 1.29 is 19.1 Å². The van der Waals surface area contributed by atoms with Crippen molar-refractivity contribution in [1.82, 2.24) is 4.90 Å². The van der Waals surface area contributed by atoms with Gasteiger partial charge in [0, 0.05) is 25.6 Å². The molecule has 1 unspecified atom stereocenters. The second-order valence-corrected chi connectivity index (χ2v) is 14.5. The summed E-state index contributed by atoms with van der Waals surface area (Å²) in [5, 5.41) is 9.65. The molecule has 0 aromatic carbocycles. The predicted octanol–water partition coefficient (Wildman–Crippen LogP) is 4.41. The summed E-state index contributed by atoms with van der Waals surface area (Å²) in [6.45, 7) is 18.3. The summed E-state index contributed by atoms with van der Waals surface area (Å²) >= 11 is 0. The minimum Gasteiger partial charge on any atom is -0.444 e. The van der Waals surface area contributed by atoms with Crippen molar-refractivity contribution in [3.8, 4) is 0 Å². The van der Waals surface area contributed by atoms with Crippen molar-refractivity contribution in [3.63, 3.8) is 0 Å². The molecule has 148 valence electrons. The molecule has 1 aliphatic heterocycles. The third kappa shape index (κ3) is 6.91. The van der Waals surface area contributed by atoms with Crippen molar-refractivity contribution in [1.29, 1.82) is 0 Å². The van der Waals surface area contributed by atoms with Gasteiger partial charge in [0.15, 0.2) is 8.32 Å². The van der Waals surface area contributed by atoms with E-state index >= 15 is 0 Å². The molecule has 0 bridgehead atoms. The van der Waals surface area contributed by atoms with Crippen LogP contribution in [-0.2, 0) is 9.16 Å². The zero-order valence-electron chi connectivity index (χ0n) is 17.5. The summed E-state index contributed by atoms with van der Waals surface area (Å²) in [7, 11) is -1.92. The monoisotopic (exact) mass is 373 g/mol. The zero-order valence-corrected chi connectivity index (χ0v) is 18.5. The fourth-order valence-electron chi connectivity index (χ4n) is 2.88. The van der Waals surface area contributed by atoms with Crippen molar-refractivity contribution in [2.45, 2.75) is 90.6 Å². The number of piperidine rings is 1. The highest BCUT2D eigenvalue weighted by Crippen LogP contribution is 2.39. The molecule has 6 heteroatoms. The maximum atomic E-state index is 12.4. The molecule has 2 atom stereocenters. The molecule has 0 radical (unpaired) electrons. The largest absolute Gasteiger partial charge is 0.444 e. The SMILES string of the molecule is CC(C)(C)OC(=O)N1CCC[C@@H](C(CCO)O[Si](C)(C)C(C)(C)C)C1. The van der Waals surface area contributed by atoms with Gasteiger partial charge in [0.05, 0.1) is 6.10 Å². The molecule has 1 heterocycles. The summed E-state index contributed by atoms with van der Waals surface area (Å²) in [6.07, 6.45) is 2.35. The Hall–Kier alpha value is -0.593. The van der Waals surface area contributed by atoms with E-state index in [2.05, 4.69) is 33.9 Å². The Morgan fingerprint density at radius 1 is 1.24 bits per heavy atom. The number of rotatable bonds is 5. The van der Waals surface area contributed by atoms with Gasteiger partial charge >= 0.3 is 6.09 Å². The first-order valence-corrected chi connectivity index (χ1v) is 12.4. The van der Waals surface area contributed by atoms with Crippen LogP contribution in [-0.4, -0.2) is 55.8 Å². The van der Waals surface area contributed by atoms with E-state index in [4.69, 9.17) is 9.16 Å². The Morgan fingerprint density at radius 3 is 2.32 bits per heavy atom. The van der Waals surface area contributed by atoms with Crippen LogP contribution in [0.1, 0.15) is 60.8 Å². The number of carbonyl (C=O) groups excluding carboxylic acids is 1. The highest BCUT2D eigenvalue weighted by Gasteiger charge is 2.41. The van der Waals surface area contributed by atoms with E-state index in [0.717, 1.165) is 19.4 Å². The van der Waals surface area contributed by atoms with E-state index in [1.807, 2.05) is 20.8 Å². The molecule has 25 heavy (non-hydrogen) atoms. The summed E-state index contributed by atoms with van der Waals surface area (Å²) in [4.78, 5) is 14.2. The van der Waals surface area contributed by atoms with Crippen LogP contribution in [0.3, 0.4) is 0 Å². The molecule has 0 aromatic heterocycles. The van der Waals surface area contributed by atoms with Gasteiger partial charge in [0.25, 0.3) is 0 Å². The third-order valence-corrected chi connectivity index (χ3v) is 9.81. The first-order valence-electron chi connectivity index (χ1n) is 9.53. The minimum atomic E-state index is -1.92. The van der Waals surface area contributed by atoms with Gasteiger partial charge in [0.2, 0.25) is 0 Å². The molecule has 1 N–H and O–H groups in total. The number of carbonyl (C=O) groups is 1. The standard InChI is InChI=1S/C19H39NO4Si/c1-18(2,3)23-17(22)20-12-9-10-15(14-20)16(11-13-21)24-25(7,8)19(4,5)6/h15-16,21H,9-14H2,1-8H3/t15-,16?/m1/s1. The second kappa shape index (κ2) is 8.40. The van der Waals surface area contributed by atoms with Crippen LogP contribution in [0.4, 0.5) is 4.79 Å². The fourth-order valence-corrected chi connectivity index (χ4v) is 4.30. The van der Waals surface area contributed by atoms with Crippen molar-refractivity contribution in [2.75, 3.05) is 19.7 Å². The number of amides is 1. The zero-order chi connectivity index (χ0) is 19.5. The Morgan fingerprint density at radius 2 is 1.84 bits per heavy atom. The van der Waals surface area contributed by atoms with Gasteiger partial charge in [-0.2, -0.15) is 0 Å². The molecular weight excluding hydrogens is 334 g/mol. The van der Waals surface area contributed by atoms with E-state index in [0.29, 0.717) is 13.0 Å². The van der Waals surface area contributed by atoms with Crippen molar-refractivity contribution in [3.05, 3.63) is 0 Å². The van der Waals surface area contributed by atoms with E-state index in [1.54, 1.807) is 4.90 Å². The lowest BCUT2D eigenvalue weighted by Crippen LogP contribution is -2.50. The van der Waals surface area contributed by atoms with Gasteiger partial charge in [0.1, 0.15) is 5.60 Å². The van der Waals surface area contributed by atoms with Crippen LogP contribution in [0.5, 0.6) is 0 Å². The van der Waals surface area contributed by atoms with E-state index in [1.165, 1.54) is 0 Å². The lowest BCUT2D eigenvalue weighted by atomic mass is 9.91.